The quantitative estimate of drug-likeness (QED) is 0.454. The van der Waals surface area contributed by atoms with Crippen molar-refractivity contribution in [3.05, 3.63) is 48.0 Å². The molecule has 5 heteroatoms. The molecule has 2 aromatic carbocycles. The summed E-state index contributed by atoms with van der Waals surface area (Å²) in [6.45, 7) is 6.28. The monoisotopic (exact) mass is 419 g/mol. The number of hydrogen-bond donors (Lipinski definition) is 0. The molecule has 2 fully saturated rings. The molecule has 156 valence electrons. The summed E-state index contributed by atoms with van der Waals surface area (Å²) in [6.07, 6.45) is 4.21. The van der Waals surface area contributed by atoms with E-state index in [9.17, 15) is 5.26 Å². The van der Waals surface area contributed by atoms with Crippen molar-refractivity contribution in [2.24, 2.45) is 5.92 Å². The predicted molar refractivity (Wildman–Crippen MR) is 127 cm³/mol. The van der Waals surface area contributed by atoms with Crippen molar-refractivity contribution in [3.63, 3.8) is 0 Å². The molecular formula is C25H29N3OS. The number of benzene rings is 2. The van der Waals surface area contributed by atoms with E-state index in [1.54, 1.807) is 7.11 Å². The molecular weight excluding hydrogens is 390 g/mol. The molecule has 1 aliphatic carbocycles. The molecule has 0 bridgehead atoms. The highest BCUT2D eigenvalue weighted by molar-refractivity contribution is 8.00. The van der Waals surface area contributed by atoms with E-state index in [4.69, 9.17) is 4.74 Å². The summed E-state index contributed by atoms with van der Waals surface area (Å²) in [5.41, 5.74) is 5.06. The minimum Gasteiger partial charge on any atom is -0.497 e. The summed E-state index contributed by atoms with van der Waals surface area (Å²) in [6, 6.07) is 16.9. The van der Waals surface area contributed by atoms with Crippen LogP contribution in [0.2, 0.25) is 0 Å². The molecule has 1 saturated heterocycles. The second-order valence-corrected chi connectivity index (χ2v) is 9.09. The maximum Gasteiger partial charge on any atom is 0.120 e. The Morgan fingerprint density at radius 3 is 2.43 bits per heavy atom. The molecule has 1 saturated carbocycles. The number of fused-ring (bicyclic) bond motifs is 1. The first-order valence-electron chi connectivity index (χ1n) is 10.8. The van der Waals surface area contributed by atoms with Crippen molar-refractivity contribution in [2.75, 3.05) is 23.7 Å². The average molecular weight is 420 g/mol. The van der Waals surface area contributed by atoms with Gasteiger partial charge in [0.1, 0.15) is 11.8 Å². The SMILES string of the molecule is CC1CC1.CCn1c(-c2ccc(N3CCCS3)cc2)c(C#N)c2ccc(OC)cc21. The number of aryl methyl sites for hydroxylation is 1. The van der Waals surface area contributed by atoms with Crippen LogP contribution in [0.25, 0.3) is 22.2 Å². The van der Waals surface area contributed by atoms with E-state index in [0.717, 1.165) is 52.5 Å². The summed E-state index contributed by atoms with van der Waals surface area (Å²) in [4.78, 5) is 0. The summed E-state index contributed by atoms with van der Waals surface area (Å²) in [7, 11) is 1.67. The van der Waals surface area contributed by atoms with Crippen LogP contribution in [-0.2, 0) is 6.54 Å². The predicted octanol–water partition coefficient (Wildman–Crippen LogP) is 6.48. The average Bonchev–Trinajstić information content (AvgIpc) is 3.28. The molecule has 4 nitrogen and oxygen atoms in total. The van der Waals surface area contributed by atoms with Crippen molar-refractivity contribution in [1.29, 1.82) is 5.26 Å². The van der Waals surface area contributed by atoms with Gasteiger partial charge in [-0.2, -0.15) is 5.26 Å². The van der Waals surface area contributed by atoms with Crippen molar-refractivity contribution < 1.29 is 4.74 Å². The van der Waals surface area contributed by atoms with E-state index >= 15 is 0 Å². The van der Waals surface area contributed by atoms with Crippen molar-refractivity contribution >= 4 is 28.5 Å². The van der Waals surface area contributed by atoms with Crippen LogP contribution in [0.5, 0.6) is 5.75 Å². The molecule has 1 aliphatic heterocycles. The minimum atomic E-state index is 0.729. The second-order valence-electron chi connectivity index (χ2n) is 7.98. The Morgan fingerprint density at radius 1 is 1.17 bits per heavy atom. The van der Waals surface area contributed by atoms with Crippen LogP contribution in [0.4, 0.5) is 5.69 Å². The van der Waals surface area contributed by atoms with Gasteiger partial charge < -0.3 is 13.6 Å². The van der Waals surface area contributed by atoms with Crippen LogP contribution < -0.4 is 9.04 Å². The third-order valence-corrected chi connectivity index (χ3v) is 6.92. The number of nitriles is 1. The van der Waals surface area contributed by atoms with Crippen LogP contribution in [0.1, 0.15) is 38.7 Å². The van der Waals surface area contributed by atoms with E-state index in [0.29, 0.717) is 0 Å². The van der Waals surface area contributed by atoms with Crippen LogP contribution in [0.3, 0.4) is 0 Å². The first-order valence-corrected chi connectivity index (χ1v) is 11.7. The Bertz CT molecular complexity index is 1050. The maximum atomic E-state index is 9.83. The first kappa shape index (κ1) is 20.7. The molecule has 0 radical (unpaired) electrons. The molecule has 0 amide bonds. The van der Waals surface area contributed by atoms with E-state index in [1.807, 2.05) is 30.1 Å². The summed E-state index contributed by atoms with van der Waals surface area (Å²) < 4.78 is 9.93. The number of methoxy groups -OCH3 is 1. The highest BCUT2D eigenvalue weighted by Gasteiger charge is 2.19. The number of ether oxygens (including phenoxy) is 1. The van der Waals surface area contributed by atoms with Crippen molar-refractivity contribution in [2.45, 2.75) is 39.7 Å². The van der Waals surface area contributed by atoms with E-state index in [-0.39, 0.29) is 0 Å². The van der Waals surface area contributed by atoms with E-state index in [2.05, 4.69) is 53.1 Å². The van der Waals surface area contributed by atoms with Gasteiger partial charge in [-0.1, -0.05) is 31.9 Å². The fourth-order valence-corrected chi connectivity index (χ4v) is 4.81. The van der Waals surface area contributed by atoms with Gasteiger partial charge in [-0.15, -0.1) is 0 Å². The van der Waals surface area contributed by atoms with Gasteiger partial charge in [0.05, 0.1) is 23.9 Å². The van der Waals surface area contributed by atoms with Crippen LogP contribution in [0.15, 0.2) is 42.5 Å². The topological polar surface area (TPSA) is 41.2 Å². The zero-order valence-electron chi connectivity index (χ0n) is 18.0. The molecule has 2 aliphatic rings. The number of hydrogen-bond acceptors (Lipinski definition) is 4. The van der Waals surface area contributed by atoms with Gasteiger partial charge in [0.15, 0.2) is 0 Å². The highest BCUT2D eigenvalue weighted by atomic mass is 32.2. The lowest BCUT2D eigenvalue weighted by molar-refractivity contribution is 0.415. The van der Waals surface area contributed by atoms with Gasteiger partial charge in [-0.05, 0) is 61.0 Å². The fourth-order valence-electron chi connectivity index (χ4n) is 3.80. The Labute approximate surface area is 183 Å². The molecule has 3 aromatic rings. The van der Waals surface area contributed by atoms with Crippen molar-refractivity contribution in [1.82, 2.24) is 4.57 Å². The third kappa shape index (κ3) is 4.15. The Balaban J connectivity index is 0.000000489. The van der Waals surface area contributed by atoms with Gasteiger partial charge in [-0.25, -0.2) is 0 Å². The number of rotatable bonds is 4. The third-order valence-electron chi connectivity index (χ3n) is 5.75. The molecule has 0 atom stereocenters. The van der Waals surface area contributed by atoms with E-state index < -0.39 is 0 Å². The lowest BCUT2D eigenvalue weighted by atomic mass is 10.1. The zero-order valence-corrected chi connectivity index (χ0v) is 18.8. The van der Waals surface area contributed by atoms with Gasteiger partial charge >= 0.3 is 0 Å². The van der Waals surface area contributed by atoms with Crippen LogP contribution in [0, 0.1) is 17.2 Å². The number of anilines is 1. The van der Waals surface area contributed by atoms with Gasteiger partial charge in [0, 0.05) is 36.0 Å². The summed E-state index contributed by atoms with van der Waals surface area (Å²) in [5.74, 6) is 3.08. The first-order chi connectivity index (χ1) is 14.7. The van der Waals surface area contributed by atoms with Crippen LogP contribution in [-0.4, -0.2) is 24.0 Å². The Kier molecular flexibility index (Phi) is 6.24. The van der Waals surface area contributed by atoms with Crippen molar-refractivity contribution in [3.8, 4) is 23.1 Å². The Morgan fingerprint density at radius 2 is 1.90 bits per heavy atom. The highest BCUT2D eigenvalue weighted by Crippen LogP contribution is 2.37. The van der Waals surface area contributed by atoms with Gasteiger partial charge in [0.25, 0.3) is 0 Å². The summed E-state index contributed by atoms with van der Waals surface area (Å²) >= 11 is 1.88. The molecule has 30 heavy (non-hydrogen) atoms. The molecule has 5 rings (SSSR count). The molecule has 0 spiro atoms. The largest absolute Gasteiger partial charge is 0.497 e. The van der Waals surface area contributed by atoms with Crippen LogP contribution >= 0.6 is 11.9 Å². The number of nitrogens with zero attached hydrogens (tertiary/aromatic N) is 3. The molecule has 1 aromatic heterocycles. The zero-order chi connectivity index (χ0) is 21.1. The lowest BCUT2D eigenvalue weighted by Crippen LogP contribution is -2.08. The normalized spacial score (nSPS) is 15.6. The van der Waals surface area contributed by atoms with Gasteiger partial charge in [0.2, 0.25) is 0 Å². The second kappa shape index (κ2) is 9.06. The fraction of sp³-hybridized carbons (Fsp3) is 0.400. The summed E-state index contributed by atoms with van der Waals surface area (Å²) in [5, 5.41) is 10.8. The number of aromatic nitrogens is 1. The standard InChI is InChI=1S/C21H21N3OS.C4H8/c1-3-23-20-13-17(25-2)9-10-18(20)19(14-22)21(23)15-5-7-16(8-6-15)24-11-4-12-26-24;1-4-2-3-4/h5-10,13H,3-4,11-12H2,1-2H3;4H,2-3H2,1H3. The molecule has 2 heterocycles. The smallest absolute Gasteiger partial charge is 0.120 e. The maximum absolute atomic E-state index is 9.83. The van der Waals surface area contributed by atoms with Gasteiger partial charge in [-0.3, -0.25) is 0 Å². The molecule has 0 N–H and O–H groups in total. The Hall–Kier alpha value is -2.58. The molecule has 0 unspecified atom stereocenters. The lowest BCUT2D eigenvalue weighted by Gasteiger charge is -2.16. The van der Waals surface area contributed by atoms with E-state index in [1.165, 1.54) is 30.7 Å². The minimum absolute atomic E-state index is 0.729.